The molecule has 1 amide bonds. The van der Waals surface area contributed by atoms with E-state index in [9.17, 15) is 14.4 Å². The normalized spacial score (nSPS) is 18.6. The number of aromatic nitrogens is 1. The van der Waals surface area contributed by atoms with E-state index in [1.807, 2.05) is 0 Å². The van der Waals surface area contributed by atoms with Gasteiger partial charge < -0.3 is 14.6 Å². The summed E-state index contributed by atoms with van der Waals surface area (Å²) in [6.45, 7) is 3.17. The molecular weight excluding hydrogens is 260 g/mol. The van der Waals surface area contributed by atoms with Gasteiger partial charge in [-0.1, -0.05) is 6.92 Å². The number of ether oxygens (including phenoxy) is 1. The number of esters is 1. The first-order valence-corrected chi connectivity index (χ1v) is 6.70. The molecule has 2 heterocycles. The van der Waals surface area contributed by atoms with Crippen molar-refractivity contribution in [1.29, 1.82) is 0 Å². The van der Waals surface area contributed by atoms with Gasteiger partial charge in [-0.25, -0.2) is 4.79 Å². The maximum atomic E-state index is 11.9. The number of nitrogens with zero attached hydrogens (tertiary/aromatic N) is 1. The molecule has 6 heteroatoms. The van der Waals surface area contributed by atoms with Gasteiger partial charge in [0, 0.05) is 19.3 Å². The Hall–Kier alpha value is -2.11. The molecule has 0 radical (unpaired) electrons. The largest absolute Gasteiger partial charge is 0.452 e. The number of carbonyl (C=O) groups excluding carboxylic acids is 2. The van der Waals surface area contributed by atoms with Gasteiger partial charge >= 0.3 is 5.97 Å². The second kappa shape index (κ2) is 6.36. The van der Waals surface area contributed by atoms with E-state index in [2.05, 4.69) is 11.9 Å². The highest BCUT2D eigenvalue weighted by atomic mass is 16.5. The molecule has 0 saturated carbocycles. The molecule has 1 saturated heterocycles. The summed E-state index contributed by atoms with van der Waals surface area (Å²) in [5.74, 6) is -0.511. The van der Waals surface area contributed by atoms with Gasteiger partial charge in [-0.2, -0.15) is 0 Å². The predicted molar refractivity (Wildman–Crippen MR) is 72.3 cm³/mol. The number of aromatic amines is 1. The zero-order valence-corrected chi connectivity index (χ0v) is 11.4. The molecule has 1 N–H and O–H groups in total. The van der Waals surface area contributed by atoms with E-state index in [0.29, 0.717) is 19.0 Å². The lowest BCUT2D eigenvalue weighted by Gasteiger charge is -2.30. The van der Waals surface area contributed by atoms with E-state index in [0.717, 1.165) is 12.8 Å². The molecular formula is C14H18N2O4. The van der Waals surface area contributed by atoms with E-state index in [1.165, 1.54) is 18.3 Å². The summed E-state index contributed by atoms with van der Waals surface area (Å²) in [6, 6.07) is 2.90. The third-order valence-electron chi connectivity index (χ3n) is 3.37. The lowest BCUT2D eigenvalue weighted by Crippen LogP contribution is -2.41. The van der Waals surface area contributed by atoms with Crippen LogP contribution in [0.3, 0.4) is 0 Å². The third kappa shape index (κ3) is 3.46. The van der Waals surface area contributed by atoms with Gasteiger partial charge in [-0.05, 0) is 30.9 Å². The Kier molecular flexibility index (Phi) is 4.55. The fourth-order valence-electron chi connectivity index (χ4n) is 2.29. The molecule has 0 aliphatic carbocycles. The highest BCUT2D eigenvalue weighted by molar-refractivity contribution is 5.90. The second-order valence-electron chi connectivity index (χ2n) is 5.08. The van der Waals surface area contributed by atoms with Crippen molar-refractivity contribution in [3.63, 3.8) is 0 Å². The van der Waals surface area contributed by atoms with Crippen LogP contribution in [0.15, 0.2) is 23.1 Å². The number of hydrogen-bond acceptors (Lipinski definition) is 4. The molecule has 1 aromatic rings. The summed E-state index contributed by atoms with van der Waals surface area (Å²) < 4.78 is 4.91. The SMILES string of the molecule is C[C@H]1CCCN(C(=O)COC(=O)c2ccc[nH]c2=O)C1. The summed E-state index contributed by atoms with van der Waals surface area (Å²) in [6.07, 6.45) is 3.52. The third-order valence-corrected chi connectivity index (χ3v) is 3.37. The van der Waals surface area contributed by atoms with Crippen LogP contribution in [0.25, 0.3) is 0 Å². The molecule has 1 atom stereocenters. The van der Waals surface area contributed by atoms with Gasteiger partial charge in [0.25, 0.3) is 11.5 Å². The van der Waals surface area contributed by atoms with E-state index in [-0.39, 0.29) is 18.1 Å². The summed E-state index contributed by atoms with van der Waals surface area (Å²) in [5.41, 5.74) is -0.608. The minimum atomic E-state index is -0.773. The zero-order chi connectivity index (χ0) is 14.5. The fraction of sp³-hybridized carbons (Fsp3) is 0.500. The average Bonchev–Trinajstić information content (AvgIpc) is 2.45. The molecule has 0 aromatic carbocycles. The van der Waals surface area contributed by atoms with Crippen molar-refractivity contribution in [2.75, 3.05) is 19.7 Å². The minimum Gasteiger partial charge on any atom is -0.452 e. The Balaban J connectivity index is 1.89. The lowest BCUT2D eigenvalue weighted by atomic mass is 10.0. The standard InChI is InChI=1S/C14H18N2O4/c1-10-4-3-7-16(8-10)12(17)9-20-14(19)11-5-2-6-15-13(11)18/h2,5-6,10H,3-4,7-9H2,1H3,(H,15,18)/t10-/m0/s1. The van der Waals surface area contributed by atoms with Gasteiger partial charge in [0.2, 0.25) is 0 Å². The number of pyridine rings is 1. The maximum absolute atomic E-state index is 11.9. The molecule has 0 bridgehead atoms. The molecule has 1 aliphatic heterocycles. The van der Waals surface area contributed by atoms with Crippen molar-refractivity contribution in [1.82, 2.24) is 9.88 Å². The summed E-state index contributed by atoms with van der Waals surface area (Å²) in [4.78, 5) is 39.1. The Bertz CT molecular complexity index is 552. The Morgan fingerprint density at radius 1 is 1.50 bits per heavy atom. The Labute approximate surface area is 116 Å². The number of rotatable bonds is 3. The first kappa shape index (κ1) is 14.3. The van der Waals surface area contributed by atoms with Crippen LogP contribution in [-0.2, 0) is 9.53 Å². The lowest BCUT2D eigenvalue weighted by molar-refractivity contribution is -0.136. The minimum absolute atomic E-state index is 0.0905. The quantitative estimate of drug-likeness (QED) is 0.829. The number of piperidine rings is 1. The number of carbonyl (C=O) groups is 2. The Morgan fingerprint density at radius 3 is 3.00 bits per heavy atom. The van der Waals surface area contributed by atoms with Crippen LogP contribution in [0.4, 0.5) is 0 Å². The zero-order valence-electron chi connectivity index (χ0n) is 11.4. The van der Waals surface area contributed by atoms with E-state index in [1.54, 1.807) is 4.90 Å². The first-order valence-electron chi connectivity index (χ1n) is 6.70. The van der Waals surface area contributed by atoms with Gasteiger partial charge in [0.1, 0.15) is 5.56 Å². The van der Waals surface area contributed by atoms with Crippen LogP contribution in [0, 0.1) is 5.92 Å². The smallest absolute Gasteiger partial charge is 0.344 e. The van der Waals surface area contributed by atoms with Gasteiger partial charge in [0.05, 0.1) is 0 Å². The number of H-pyrrole nitrogens is 1. The summed E-state index contributed by atoms with van der Waals surface area (Å²) >= 11 is 0. The molecule has 6 nitrogen and oxygen atoms in total. The van der Waals surface area contributed by atoms with E-state index < -0.39 is 11.5 Å². The van der Waals surface area contributed by atoms with Crippen molar-refractivity contribution in [2.24, 2.45) is 5.92 Å². The molecule has 0 spiro atoms. The van der Waals surface area contributed by atoms with Crippen LogP contribution >= 0.6 is 0 Å². The number of hydrogen-bond donors (Lipinski definition) is 1. The van der Waals surface area contributed by atoms with E-state index >= 15 is 0 Å². The van der Waals surface area contributed by atoms with Crippen LogP contribution in [-0.4, -0.2) is 41.5 Å². The van der Waals surface area contributed by atoms with Crippen LogP contribution in [0.5, 0.6) is 0 Å². The molecule has 108 valence electrons. The van der Waals surface area contributed by atoms with Gasteiger partial charge in [-0.3, -0.25) is 9.59 Å². The topological polar surface area (TPSA) is 79.5 Å². The number of likely N-dealkylation sites (tertiary alicyclic amines) is 1. The van der Waals surface area contributed by atoms with E-state index in [4.69, 9.17) is 4.74 Å². The summed E-state index contributed by atoms with van der Waals surface area (Å²) in [7, 11) is 0. The molecule has 1 aromatic heterocycles. The van der Waals surface area contributed by atoms with Crippen molar-refractivity contribution < 1.29 is 14.3 Å². The molecule has 1 aliphatic rings. The van der Waals surface area contributed by atoms with Gasteiger partial charge in [-0.15, -0.1) is 0 Å². The second-order valence-corrected chi connectivity index (χ2v) is 5.08. The van der Waals surface area contributed by atoms with Crippen molar-refractivity contribution >= 4 is 11.9 Å². The van der Waals surface area contributed by atoms with Crippen LogP contribution in [0.2, 0.25) is 0 Å². The predicted octanol–water partition coefficient (Wildman–Crippen LogP) is 0.790. The Morgan fingerprint density at radius 2 is 2.30 bits per heavy atom. The first-order chi connectivity index (χ1) is 9.58. The molecule has 20 heavy (non-hydrogen) atoms. The number of amides is 1. The molecule has 1 fully saturated rings. The van der Waals surface area contributed by atoms with Crippen molar-refractivity contribution in [3.8, 4) is 0 Å². The maximum Gasteiger partial charge on any atom is 0.344 e. The molecule has 0 unspecified atom stereocenters. The highest BCUT2D eigenvalue weighted by Crippen LogP contribution is 2.15. The van der Waals surface area contributed by atoms with Gasteiger partial charge in [0.15, 0.2) is 6.61 Å². The van der Waals surface area contributed by atoms with Crippen LogP contribution in [0.1, 0.15) is 30.1 Å². The fourth-order valence-corrected chi connectivity index (χ4v) is 2.29. The molecule has 2 rings (SSSR count). The number of nitrogens with one attached hydrogen (secondary N) is 1. The monoisotopic (exact) mass is 278 g/mol. The van der Waals surface area contributed by atoms with Crippen LogP contribution < -0.4 is 5.56 Å². The summed E-state index contributed by atoms with van der Waals surface area (Å²) in [5, 5.41) is 0. The van der Waals surface area contributed by atoms with Crippen molar-refractivity contribution in [3.05, 3.63) is 34.2 Å². The van der Waals surface area contributed by atoms with Crippen molar-refractivity contribution in [2.45, 2.75) is 19.8 Å². The average molecular weight is 278 g/mol. The highest BCUT2D eigenvalue weighted by Gasteiger charge is 2.22.